The Labute approximate surface area is 81.2 Å². The fourth-order valence-corrected chi connectivity index (χ4v) is 3.30. The Hall–Kier alpha value is -0.300. The number of rotatable bonds is 0. The van der Waals surface area contributed by atoms with Crippen LogP contribution in [-0.4, -0.2) is 12.2 Å². The van der Waals surface area contributed by atoms with Crippen molar-refractivity contribution in [3.8, 4) is 0 Å². The summed E-state index contributed by atoms with van der Waals surface area (Å²) in [5.41, 5.74) is 1.62. The van der Waals surface area contributed by atoms with Crippen molar-refractivity contribution in [2.24, 2.45) is 17.8 Å². The van der Waals surface area contributed by atoms with Crippen LogP contribution in [0.3, 0.4) is 0 Å². The van der Waals surface area contributed by atoms with Gasteiger partial charge in [0.1, 0.15) is 0 Å². The average Bonchev–Trinajstić information content (AvgIpc) is 2.26. The second kappa shape index (κ2) is 2.84. The zero-order chi connectivity index (χ0) is 9.64. The van der Waals surface area contributed by atoms with E-state index >= 15 is 0 Å². The SMILES string of the molecule is CC1=CC(C)CC2COC(C)(C)C12. The topological polar surface area (TPSA) is 9.23 Å². The van der Waals surface area contributed by atoms with E-state index in [0.29, 0.717) is 5.92 Å². The third-order valence-electron chi connectivity index (χ3n) is 3.60. The van der Waals surface area contributed by atoms with Gasteiger partial charge in [-0.1, -0.05) is 18.6 Å². The van der Waals surface area contributed by atoms with E-state index in [9.17, 15) is 0 Å². The molecule has 74 valence electrons. The smallest absolute Gasteiger partial charge is 0.0695 e. The second-order valence-electron chi connectivity index (χ2n) is 5.28. The van der Waals surface area contributed by atoms with Gasteiger partial charge in [-0.05, 0) is 39.0 Å². The lowest BCUT2D eigenvalue weighted by molar-refractivity contribution is 0.0189. The highest BCUT2D eigenvalue weighted by atomic mass is 16.5. The molecule has 2 aliphatic rings. The lowest BCUT2D eigenvalue weighted by Crippen LogP contribution is -2.33. The molecule has 0 aromatic carbocycles. The third kappa shape index (κ3) is 1.43. The van der Waals surface area contributed by atoms with Crippen LogP contribution in [0.15, 0.2) is 11.6 Å². The summed E-state index contributed by atoms with van der Waals surface area (Å²) < 4.78 is 5.87. The van der Waals surface area contributed by atoms with Gasteiger partial charge < -0.3 is 4.74 Å². The summed E-state index contributed by atoms with van der Waals surface area (Å²) in [4.78, 5) is 0. The van der Waals surface area contributed by atoms with Gasteiger partial charge in [-0.3, -0.25) is 0 Å². The Morgan fingerprint density at radius 3 is 2.85 bits per heavy atom. The van der Waals surface area contributed by atoms with Crippen LogP contribution >= 0.6 is 0 Å². The first-order chi connectivity index (χ1) is 6.00. The molecular weight excluding hydrogens is 160 g/mol. The van der Waals surface area contributed by atoms with Crippen molar-refractivity contribution in [3.05, 3.63) is 11.6 Å². The Bertz CT molecular complexity index is 240. The molecule has 0 spiro atoms. The van der Waals surface area contributed by atoms with E-state index in [1.54, 1.807) is 5.57 Å². The van der Waals surface area contributed by atoms with E-state index in [-0.39, 0.29) is 5.60 Å². The van der Waals surface area contributed by atoms with Gasteiger partial charge in [-0.2, -0.15) is 0 Å². The largest absolute Gasteiger partial charge is 0.375 e. The number of hydrogen-bond donors (Lipinski definition) is 0. The molecule has 1 nitrogen and oxygen atoms in total. The van der Waals surface area contributed by atoms with Crippen LogP contribution in [0, 0.1) is 17.8 Å². The van der Waals surface area contributed by atoms with Crippen LogP contribution in [0.4, 0.5) is 0 Å². The first-order valence-corrected chi connectivity index (χ1v) is 5.33. The molecule has 3 unspecified atom stereocenters. The number of allylic oxidation sites excluding steroid dienone is 1. The van der Waals surface area contributed by atoms with E-state index < -0.39 is 0 Å². The van der Waals surface area contributed by atoms with Gasteiger partial charge in [0.05, 0.1) is 12.2 Å². The van der Waals surface area contributed by atoms with Crippen LogP contribution < -0.4 is 0 Å². The number of fused-ring (bicyclic) bond motifs is 1. The summed E-state index contributed by atoms with van der Waals surface area (Å²) in [6.45, 7) is 10.00. The van der Waals surface area contributed by atoms with Crippen LogP contribution in [0.5, 0.6) is 0 Å². The monoisotopic (exact) mass is 180 g/mol. The quantitative estimate of drug-likeness (QED) is 0.521. The highest BCUT2D eigenvalue weighted by Gasteiger charge is 2.45. The summed E-state index contributed by atoms with van der Waals surface area (Å²) in [5.74, 6) is 2.19. The summed E-state index contributed by atoms with van der Waals surface area (Å²) in [6, 6.07) is 0. The van der Waals surface area contributed by atoms with Gasteiger partial charge in [-0.15, -0.1) is 0 Å². The van der Waals surface area contributed by atoms with E-state index in [4.69, 9.17) is 4.74 Å². The zero-order valence-corrected chi connectivity index (χ0v) is 9.13. The van der Waals surface area contributed by atoms with Crippen LogP contribution in [0.2, 0.25) is 0 Å². The van der Waals surface area contributed by atoms with E-state index in [0.717, 1.165) is 18.4 Å². The van der Waals surface area contributed by atoms with Crippen molar-refractivity contribution in [2.75, 3.05) is 6.61 Å². The number of hydrogen-bond acceptors (Lipinski definition) is 1. The molecule has 1 heteroatoms. The first kappa shape index (κ1) is 9.26. The van der Waals surface area contributed by atoms with Crippen molar-refractivity contribution >= 4 is 0 Å². The first-order valence-electron chi connectivity index (χ1n) is 5.33. The standard InChI is InChI=1S/C12H20O/c1-8-5-9(2)11-10(6-8)7-13-12(11,3)4/h5,8,10-11H,6-7H2,1-4H3. The average molecular weight is 180 g/mol. The van der Waals surface area contributed by atoms with Crippen molar-refractivity contribution < 1.29 is 4.74 Å². The predicted molar refractivity (Wildman–Crippen MR) is 54.5 cm³/mol. The lowest BCUT2D eigenvalue weighted by Gasteiger charge is -2.34. The van der Waals surface area contributed by atoms with Gasteiger partial charge in [0.2, 0.25) is 0 Å². The molecule has 3 atom stereocenters. The molecule has 0 aromatic heterocycles. The maximum absolute atomic E-state index is 5.87. The molecule has 0 bridgehead atoms. The molecule has 0 saturated carbocycles. The second-order valence-corrected chi connectivity index (χ2v) is 5.28. The molecule has 1 fully saturated rings. The Balaban J connectivity index is 2.29. The molecule has 2 rings (SSSR count). The summed E-state index contributed by atoms with van der Waals surface area (Å²) in [7, 11) is 0. The Morgan fingerprint density at radius 2 is 2.15 bits per heavy atom. The van der Waals surface area contributed by atoms with Crippen molar-refractivity contribution in [1.29, 1.82) is 0 Å². The van der Waals surface area contributed by atoms with E-state index in [2.05, 4.69) is 33.8 Å². The molecule has 0 amide bonds. The van der Waals surface area contributed by atoms with E-state index in [1.165, 1.54) is 6.42 Å². The van der Waals surface area contributed by atoms with Gasteiger partial charge in [0, 0.05) is 5.92 Å². The minimum absolute atomic E-state index is 0.0748. The predicted octanol–water partition coefficient (Wildman–Crippen LogP) is 3.01. The summed E-state index contributed by atoms with van der Waals surface area (Å²) in [6.07, 6.45) is 3.74. The summed E-state index contributed by atoms with van der Waals surface area (Å²) in [5, 5.41) is 0. The Kier molecular flexibility index (Phi) is 2.03. The molecule has 1 saturated heterocycles. The molecule has 1 aliphatic carbocycles. The Morgan fingerprint density at radius 1 is 1.46 bits per heavy atom. The molecule has 1 aliphatic heterocycles. The minimum Gasteiger partial charge on any atom is -0.375 e. The van der Waals surface area contributed by atoms with Crippen molar-refractivity contribution in [3.63, 3.8) is 0 Å². The highest BCUT2D eigenvalue weighted by molar-refractivity contribution is 5.17. The van der Waals surface area contributed by atoms with Crippen LogP contribution in [0.1, 0.15) is 34.1 Å². The molecule has 0 aromatic rings. The lowest BCUT2D eigenvalue weighted by atomic mass is 9.71. The van der Waals surface area contributed by atoms with Gasteiger partial charge in [-0.25, -0.2) is 0 Å². The number of ether oxygens (including phenoxy) is 1. The zero-order valence-electron chi connectivity index (χ0n) is 9.13. The minimum atomic E-state index is 0.0748. The summed E-state index contributed by atoms with van der Waals surface area (Å²) >= 11 is 0. The highest BCUT2D eigenvalue weighted by Crippen LogP contribution is 2.46. The van der Waals surface area contributed by atoms with Gasteiger partial charge in [0.15, 0.2) is 0 Å². The fraction of sp³-hybridized carbons (Fsp3) is 0.833. The van der Waals surface area contributed by atoms with Crippen LogP contribution in [0.25, 0.3) is 0 Å². The maximum atomic E-state index is 5.87. The fourth-order valence-electron chi connectivity index (χ4n) is 3.30. The molecule has 0 N–H and O–H groups in total. The third-order valence-corrected chi connectivity index (χ3v) is 3.60. The van der Waals surface area contributed by atoms with Crippen molar-refractivity contribution in [2.45, 2.75) is 39.7 Å². The maximum Gasteiger partial charge on any atom is 0.0695 e. The molecule has 1 heterocycles. The molecular formula is C12H20O. The van der Waals surface area contributed by atoms with E-state index in [1.807, 2.05) is 0 Å². The normalized spacial score (nSPS) is 42.8. The molecule has 0 radical (unpaired) electrons. The van der Waals surface area contributed by atoms with Gasteiger partial charge >= 0.3 is 0 Å². The van der Waals surface area contributed by atoms with Crippen molar-refractivity contribution in [1.82, 2.24) is 0 Å². The molecule has 13 heavy (non-hydrogen) atoms. The van der Waals surface area contributed by atoms with Gasteiger partial charge in [0.25, 0.3) is 0 Å². The van der Waals surface area contributed by atoms with Crippen LogP contribution in [-0.2, 0) is 4.74 Å².